The summed E-state index contributed by atoms with van der Waals surface area (Å²) in [6, 6.07) is 12.5. The lowest BCUT2D eigenvalue weighted by molar-refractivity contribution is 0.400. The van der Waals surface area contributed by atoms with Crippen molar-refractivity contribution in [2.45, 2.75) is 26.3 Å². The Morgan fingerprint density at radius 2 is 2.13 bits per heavy atom. The molecule has 0 bridgehead atoms. The van der Waals surface area contributed by atoms with Gasteiger partial charge in [-0.25, -0.2) is 4.98 Å². The molecule has 0 aliphatic carbocycles. The fourth-order valence-electron chi connectivity index (χ4n) is 3.00. The second-order valence-electron chi connectivity index (χ2n) is 5.74. The highest BCUT2D eigenvalue weighted by Gasteiger charge is 2.27. The molecule has 0 radical (unpaired) electrons. The van der Waals surface area contributed by atoms with Gasteiger partial charge in [-0.3, -0.25) is 0 Å². The van der Waals surface area contributed by atoms with Crippen molar-refractivity contribution in [3.05, 3.63) is 53.9 Å². The van der Waals surface area contributed by atoms with Crippen molar-refractivity contribution in [1.29, 1.82) is 0 Å². The number of aryl methyl sites for hydroxylation is 1. The van der Waals surface area contributed by atoms with Gasteiger partial charge in [0.1, 0.15) is 11.6 Å². The largest absolute Gasteiger partial charge is 0.360 e. The van der Waals surface area contributed by atoms with Crippen molar-refractivity contribution < 1.29 is 4.52 Å². The van der Waals surface area contributed by atoms with Crippen LogP contribution in [0.25, 0.3) is 0 Å². The molecule has 1 atom stereocenters. The van der Waals surface area contributed by atoms with E-state index in [0.717, 1.165) is 18.0 Å². The number of para-hydroxylation sites is 1. The third kappa shape index (κ3) is 2.52. The fourth-order valence-corrected chi connectivity index (χ4v) is 3.00. The van der Waals surface area contributed by atoms with Crippen LogP contribution in [-0.4, -0.2) is 21.2 Å². The van der Waals surface area contributed by atoms with Gasteiger partial charge in [0.05, 0.1) is 0 Å². The van der Waals surface area contributed by atoms with Gasteiger partial charge in [0.2, 0.25) is 5.95 Å². The van der Waals surface area contributed by atoms with Crippen LogP contribution >= 0.6 is 0 Å². The molecule has 1 N–H and O–H groups in total. The Morgan fingerprint density at radius 3 is 2.96 bits per heavy atom. The summed E-state index contributed by atoms with van der Waals surface area (Å²) in [5, 5.41) is 6.98. The summed E-state index contributed by atoms with van der Waals surface area (Å²) < 4.78 is 5.05. The maximum absolute atomic E-state index is 5.05. The summed E-state index contributed by atoms with van der Waals surface area (Å²) in [6.45, 7) is 4.05. The number of hydrogen-bond donors (Lipinski definition) is 1. The second kappa shape index (κ2) is 5.39. The van der Waals surface area contributed by atoms with E-state index in [1.807, 2.05) is 19.1 Å². The zero-order valence-corrected chi connectivity index (χ0v) is 13.0. The molecule has 6 heteroatoms. The van der Waals surface area contributed by atoms with Gasteiger partial charge in [-0.1, -0.05) is 23.4 Å². The first-order chi connectivity index (χ1) is 11.2. The fraction of sp³-hybridized carbons (Fsp3) is 0.235. The third-order valence-corrected chi connectivity index (χ3v) is 3.96. The third-order valence-electron chi connectivity index (χ3n) is 3.96. The summed E-state index contributed by atoms with van der Waals surface area (Å²) in [7, 11) is 0. The summed E-state index contributed by atoms with van der Waals surface area (Å²) in [4.78, 5) is 11.1. The van der Waals surface area contributed by atoms with Crippen LogP contribution in [0.1, 0.15) is 18.2 Å². The van der Waals surface area contributed by atoms with E-state index < -0.39 is 0 Å². The van der Waals surface area contributed by atoms with E-state index in [9.17, 15) is 0 Å². The minimum absolute atomic E-state index is 0.365. The molecule has 6 nitrogen and oxygen atoms in total. The number of rotatable bonds is 3. The molecule has 1 aliphatic heterocycles. The highest BCUT2D eigenvalue weighted by atomic mass is 16.5. The van der Waals surface area contributed by atoms with E-state index in [1.54, 1.807) is 6.20 Å². The average molecular weight is 307 g/mol. The summed E-state index contributed by atoms with van der Waals surface area (Å²) in [5.41, 5.74) is 2.56. The van der Waals surface area contributed by atoms with Crippen LogP contribution < -0.4 is 10.2 Å². The van der Waals surface area contributed by atoms with Crippen LogP contribution in [0.3, 0.4) is 0 Å². The Bertz CT molecular complexity index is 844. The maximum atomic E-state index is 5.05. The predicted molar refractivity (Wildman–Crippen MR) is 88.3 cm³/mol. The van der Waals surface area contributed by atoms with Crippen molar-refractivity contribution in [2.24, 2.45) is 0 Å². The topological polar surface area (TPSA) is 67.1 Å². The number of benzene rings is 1. The van der Waals surface area contributed by atoms with Crippen LogP contribution in [0.4, 0.5) is 23.3 Å². The van der Waals surface area contributed by atoms with E-state index in [4.69, 9.17) is 4.52 Å². The van der Waals surface area contributed by atoms with Crippen molar-refractivity contribution >= 4 is 23.3 Å². The SMILES string of the molecule is Cc1cc(Nc2nccc(N3c4ccccc4CC3C)n2)no1. The van der Waals surface area contributed by atoms with Gasteiger partial charge < -0.3 is 14.7 Å². The maximum Gasteiger partial charge on any atom is 0.230 e. The molecule has 3 aromatic rings. The van der Waals surface area contributed by atoms with Crippen LogP contribution in [0, 0.1) is 6.92 Å². The van der Waals surface area contributed by atoms with E-state index in [-0.39, 0.29) is 0 Å². The van der Waals surface area contributed by atoms with Crippen LogP contribution in [0.15, 0.2) is 47.1 Å². The Balaban J connectivity index is 1.66. The lowest BCUT2D eigenvalue weighted by atomic mass is 10.1. The smallest absolute Gasteiger partial charge is 0.230 e. The molecule has 1 aromatic carbocycles. The summed E-state index contributed by atoms with van der Waals surface area (Å²) in [6.07, 6.45) is 2.77. The van der Waals surface area contributed by atoms with E-state index in [0.29, 0.717) is 17.8 Å². The molecule has 0 saturated heterocycles. The molecule has 2 aromatic heterocycles. The normalized spacial score (nSPS) is 16.4. The summed E-state index contributed by atoms with van der Waals surface area (Å²) in [5.74, 6) is 2.73. The van der Waals surface area contributed by atoms with Crippen LogP contribution in [-0.2, 0) is 6.42 Å². The van der Waals surface area contributed by atoms with E-state index >= 15 is 0 Å². The molecule has 0 fully saturated rings. The second-order valence-corrected chi connectivity index (χ2v) is 5.74. The molecule has 0 saturated carbocycles. The number of aromatic nitrogens is 3. The molecule has 0 spiro atoms. The molecular weight excluding hydrogens is 290 g/mol. The van der Waals surface area contributed by atoms with Gasteiger partial charge in [0, 0.05) is 24.0 Å². The first kappa shape index (κ1) is 13.8. The molecular formula is C17H17N5O. The monoisotopic (exact) mass is 307 g/mol. The number of anilines is 4. The Labute approximate surface area is 134 Å². The minimum Gasteiger partial charge on any atom is -0.360 e. The van der Waals surface area contributed by atoms with Crippen LogP contribution in [0.5, 0.6) is 0 Å². The lowest BCUT2D eigenvalue weighted by Gasteiger charge is -2.23. The molecule has 1 aliphatic rings. The van der Waals surface area contributed by atoms with Crippen molar-refractivity contribution in [3.8, 4) is 0 Å². The van der Waals surface area contributed by atoms with E-state index in [2.05, 4.69) is 56.5 Å². The highest BCUT2D eigenvalue weighted by Crippen LogP contribution is 2.37. The van der Waals surface area contributed by atoms with Gasteiger partial charge >= 0.3 is 0 Å². The van der Waals surface area contributed by atoms with Gasteiger partial charge in [0.25, 0.3) is 0 Å². The van der Waals surface area contributed by atoms with Gasteiger partial charge in [-0.05, 0) is 38.0 Å². The zero-order chi connectivity index (χ0) is 15.8. The molecule has 1 unspecified atom stereocenters. The van der Waals surface area contributed by atoms with Gasteiger partial charge in [0.15, 0.2) is 5.82 Å². The van der Waals surface area contributed by atoms with E-state index in [1.165, 1.54) is 11.3 Å². The molecule has 0 amide bonds. The number of hydrogen-bond acceptors (Lipinski definition) is 6. The minimum atomic E-state index is 0.365. The molecule has 3 heterocycles. The Morgan fingerprint density at radius 1 is 1.26 bits per heavy atom. The first-order valence-electron chi connectivity index (χ1n) is 7.61. The average Bonchev–Trinajstić information content (AvgIpc) is 3.09. The Hall–Kier alpha value is -2.89. The number of nitrogens with one attached hydrogen (secondary N) is 1. The standard InChI is InChI=1S/C17H17N5O/c1-11-9-13-5-3-4-6-14(13)22(11)16-7-8-18-17(20-16)19-15-10-12(2)23-21-15/h3-8,10-11H,9H2,1-2H3,(H,18,19,20,21). The van der Waals surface area contributed by atoms with Gasteiger partial charge in [-0.2, -0.15) is 4.98 Å². The quantitative estimate of drug-likeness (QED) is 0.797. The van der Waals surface area contributed by atoms with Gasteiger partial charge in [-0.15, -0.1) is 0 Å². The van der Waals surface area contributed by atoms with Crippen molar-refractivity contribution in [2.75, 3.05) is 10.2 Å². The van der Waals surface area contributed by atoms with Crippen molar-refractivity contribution in [3.63, 3.8) is 0 Å². The number of nitrogens with zero attached hydrogens (tertiary/aromatic N) is 4. The van der Waals surface area contributed by atoms with Crippen LogP contribution in [0.2, 0.25) is 0 Å². The Kier molecular flexibility index (Phi) is 3.22. The zero-order valence-electron chi connectivity index (χ0n) is 13.0. The molecule has 4 rings (SSSR count). The van der Waals surface area contributed by atoms with Crippen molar-refractivity contribution in [1.82, 2.24) is 15.1 Å². The summed E-state index contributed by atoms with van der Waals surface area (Å²) >= 11 is 0. The first-order valence-corrected chi connectivity index (χ1v) is 7.61. The highest BCUT2D eigenvalue weighted by molar-refractivity contribution is 5.69. The molecule has 23 heavy (non-hydrogen) atoms. The lowest BCUT2D eigenvalue weighted by Crippen LogP contribution is -2.25. The predicted octanol–water partition coefficient (Wildman–Crippen LogP) is 3.60. The molecule has 116 valence electrons. The number of fused-ring (bicyclic) bond motifs is 1.